The van der Waals surface area contributed by atoms with Crippen LogP contribution < -0.4 is 4.74 Å². The number of para-hydroxylation sites is 1. The highest BCUT2D eigenvalue weighted by molar-refractivity contribution is 6.19. The number of ether oxygens (including phenoxy) is 1. The van der Waals surface area contributed by atoms with Crippen molar-refractivity contribution in [3.8, 4) is 33.8 Å². The van der Waals surface area contributed by atoms with Gasteiger partial charge in [-0.2, -0.15) is 0 Å². The number of benzene rings is 6. The van der Waals surface area contributed by atoms with Crippen molar-refractivity contribution in [3.05, 3.63) is 132 Å². The van der Waals surface area contributed by atoms with Gasteiger partial charge in [0, 0.05) is 32.7 Å². The van der Waals surface area contributed by atoms with E-state index in [2.05, 4.69) is 129 Å². The van der Waals surface area contributed by atoms with E-state index >= 15 is 0 Å². The van der Waals surface area contributed by atoms with Crippen LogP contribution in [0.4, 0.5) is 0 Å². The summed E-state index contributed by atoms with van der Waals surface area (Å²) in [6, 6.07) is 42.9. The summed E-state index contributed by atoms with van der Waals surface area (Å²) in [4.78, 5) is 0. The number of fused-ring (bicyclic) bond motifs is 7. The molecule has 7 aromatic rings. The van der Waals surface area contributed by atoms with Crippen molar-refractivity contribution in [2.24, 2.45) is 0 Å². The maximum Gasteiger partial charge on any atom is 0.143 e. The SMILES string of the molecule is CC1(C)c2ccccc2Oc2cc(-c3cccc(-c4cccc5oc6c7ccccc7ccc6c45)c3)ccc21. The quantitative estimate of drug-likeness (QED) is 0.235. The van der Waals surface area contributed by atoms with Crippen LogP contribution in [0.1, 0.15) is 25.0 Å². The molecule has 39 heavy (non-hydrogen) atoms. The van der Waals surface area contributed by atoms with Gasteiger partial charge in [0.15, 0.2) is 0 Å². The van der Waals surface area contributed by atoms with Crippen LogP contribution in [0, 0.1) is 0 Å². The maximum absolute atomic E-state index is 6.44. The van der Waals surface area contributed by atoms with Gasteiger partial charge in [0.1, 0.15) is 22.7 Å². The van der Waals surface area contributed by atoms with E-state index < -0.39 is 0 Å². The molecule has 0 spiro atoms. The summed E-state index contributed by atoms with van der Waals surface area (Å²) in [5, 5.41) is 4.63. The van der Waals surface area contributed by atoms with Crippen molar-refractivity contribution in [1.82, 2.24) is 0 Å². The molecule has 8 rings (SSSR count). The van der Waals surface area contributed by atoms with Crippen molar-refractivity contribution in [2.45, 2.75) is 19.3 Å². The molecule has 0 amide bonds. The van der Waals surface area contributed by atoms with Crippen molar-refractivity contribution in [2.75, 3.05) is 0 Å². The molecular formula is C37H26O2. The number of hydrogen-bond acceptors (Lipinski definition) is 2. The van der Waals surface area contributed by atoms with Gasteiger partial charge in [-0.1, -0.05) is 105 Å². The van der Waals surface area contributed by atoms with Crippen molar-refractivity contribution in [3.63, 3.8) is 0 Å². The molecule has 1 aliphatic rings. The van der Waals surface area contributed by atoms with E-state index in [0.29, 0.717) is 0 Å². The summed E-state index contributed by atoms with van der Waals surface area (Å²) in [6.45, 7) is 4.54. The molecule has 0 radical (unpaired) electrons. The van der Waals surface area contributed by atoms with Gasteiger partial charge in [0.2, 0.25) is 0 Å². The van der Waals surface area contributed by atoms with E-state index in [1.807, 2.05) is 6.07 Å². The summed E-state index contributed by atoms with van der Waals surface area (Å²) in [5.41, 5.74) is 8.81. The predicted molar refractivity (Wildman–Crippen MR) is 161 cm³/mol. The summed E-state index contributed by atoms with van der Waals surface area (Å²) >= 11 is 0. The molecule has 2 heterocycles. The molecule has 2 heteroatoms. The number of rotatable bonds is 2. The van der Waals surface area contributed by atoms with Crippen LogP contribution in [-0.4, -0.2) is 0 Å². The molecule has 0 bridgehead atoms. The first-order valence-corrected chi connectivity index (χ1v) is 13.4. The molecular weight excluding hydrogens is 476 g/mol. The highest BCUT2D eigenvalue weighted by atomic mass is 16.5. The molecule has 0 atom stereocenters. The average molecular weight is 503 g/mol. The Hall–Kier alpha value is -4.82. The second-order valence-electron chi connectivity index (χ2n) is 11.0. The lowest BCUT2D eigenvalue weighted by Crippen LogP contribution is -2.24. The Kier molecular flexibility index (Phi) is 4.60. The molecule has 0 saturated carbocycles. The molecule has 0 unspecified atom stereocenters. The molecule has 186 valence electrons. The lowest BCUT2D eigenvalue weighted by Gasteiger charge is -2.34. The minimum atomic E-state index is -0.118. The topological polar surface area (TPSA) is 22.4 Å². The van der Waals surface area contributed by atoms with Crippen molar-refractivity contribution in [1.29, 1.82) is 0 Å². The van der Waals surface area contributed by atoms with Gasteiger partial charge >= 0.3 is 0 Å². The Bertz CT molecular complexity index is 2080. The van der Waals surface area contributed by atoms with Gasteiger partial charge in [0.05, 0.1) is 0 Å². The Morgan fingerprint density at radius 3 is 2.26 bits per heavy atom. The van der Waals surface area contributed by atoms with Crippen LogP contribution in [0.25, 0.3) is 55.0 Å². The molecule has 1 aromatic heterocycles. The smallest absolute Gasteiger partial charge is 0.143 e. The Balaban J connectivity index is 1.26. The highest BCUT2D eigenvalue weighted by Gasteiger charge is 2.34. The summed E-state index contributed by atoms with van der Waals surface area (Å²) in [7, 11) is 0. The molecule has 0 aliphatic carbocycles. The predicted octanol–water partition coefficient (Wildman–Crippen LogP) is 10.5. The monoisotopic (exact) mass is 502 g/mol. The number of furan rings is 1. The third-order valence-electron chi connectivity index (χ3n) is 8.33. The molecule has 2 nitrogen and oxygen atoms in total. The van der Waals surface area contributed by atoms with Crippen LogP contribution in [-0.2, 0) is 5.41 Å². The lowest BCUT2D eigenvalue weighted by molar-refractivity contribution is 0.418. The van der Waals surface area contributed by atoms with Gasteiger partial charge in [0.25, 0.3) is 0 Å². The van der Waals surface area contributed by atoms with Gasteiger partial charge < -0.3 is 9.15 Å². The van der Waals surface area contributed by atoms with Gasteiger partial charge in [-0.25, -0.2) is 0 Å². The van der Waals surface area contributed by atoms with E-state index in [4.69, 9.17) is 9.15 Å². The zero-order chi connectivity index (χ0) is 26.1. The zero-order valence-corrected chi connectivity index (χ0v) is 21.9. The molecule has 0 N–H and O–H groups in total. The minimum absolute atomic E-state index is 0.118. The molecule has 1 aliphatic heterocycles. The second kappa shape index (κ2) is 8.09. The van der Waals surface area contributed by atoms with E-state index in [-0.39, 0.29) is 5.41 Å². The minimum Gasteiger partial charge on any atom is -0.457 e. The van der Waals surface area contributed by atoms with E-state index in [9.17, 15) is 0 Å². The molecule has 6 aromatic carbocycles. The Morgan fingerprint density at radius 2 is 1.31 bits per heavy atom. The third-order valence-corrected chi connectivity index (χ3v) is 8.33. The molecule has 0 saturated heterocycles. The van der Waals surface area contributed by atoms with Crippen LogP contribution in [0.2, 0.25) is 0 Å². The fraction of sp³-hybridized carbons (Fsp3) is 0.0811. The second-order valence-corrected chi connectivity index (χ2v) is 11.0. The maximum atomic E-state index is 6.44. The summed E-state index contributed by atoms with van der Waals surface area (Å²) in [5.74, 6) is 1.86. The van der Waals surface area contributed by atoms with Gasteiger partial charge in [-0.05, 0) is 58.0 Å². The first-order valence-electron chi connectivity index (χ1n) is 13.4. The third kappa shape index (κ3) is 3.28. The Morgan fingerprint density at radius 1 is 0.538 bits per heavy atom. The largest absolute Gasteiger partial charge is 0.457 e. The first-order chi connectivity index (χ1) is 19.1. The summed E-state index contributed by atoms with van der Waals surface area (Å²) in [6.07, 6.45) is 0. The van der Waals surface area contributed by atoms with Crippen molar-refractivity contribution >= 4 is 32.7 Å². The fourth-order valence-electron chi connectivity index (χ4n) is 6.30. The van der Waals surface area contributed by atoms with Crippen LogP contribution in [0.3, 0.4) is 0 Å². The summed E-state index contributed by atoms with van der Waals surface area (Å²) < 4.78 is 12.8. The van der Waals surface area contributed by atoms with Crippen molar-refractivity contribution < 1.29 is 9.15 Å². The normalized spacial score (nSPS) is 13.8. The van der Waals surface area contributed by atoms with Crippen LogP contribution >= 0.6 is 0 Å². The lowest BCUT2D eigenvalue weighted by atomic mass is 9.75. The Labute approximate surface area is 227 Å². The highest BCUT2D eigenvalue weighted by Crippen LogP contribution is 2.49. The van der Waals surface area contributed by atoms with Crippen LogP contribution in [0.5, 0.6) is 11.5 Å². The van der Waals surface area contributed by atoms with E-state index in [0.717, 1.165) is 50.0 Å². The molecule has 0 fully saturated rings. The van der Waals surface area contributed by atoms with Crippen LogP contribution in [0.15, 0.2) is 126 Å². The van der Waals surface area contributed by atoms with E-state index in [1.165, 1.54) is 27.6 Å². The van der Waals surface area contributed by atoms with Gasteiger partial charge in [-0.3, -0.25) is 0 Å². The average Bonchev–Trinajstić information content (AvgIpc) is 3.37. The van der Waals surface area contributed by atoms with E-state index in [1.54, 1.807) is 0 Å². The van der Waals surface area contributed by atoms with Gasteiger partial charge in [-0.15, -0.1) is 0 Å². The number of hydrogen-bond donors (Lipinski definition) is 0. The zero-order valence-electron chi connectivity index (χ0n) is 21.9. The fourth-order valence-corrected chi connectivity index (χ4v) is 6.30. The first kappa shape index (κ1) is 22.2. The standard InChI is InChI=1S/C37H26O2/c1-37(2)30-14-5-6-15-32(30)38-34-22-25(18-20-31(34)37)24-10-7-11-26(21-24)27-13-8-16-33-35(27)29-19-17-23-9-3-4-12-28(23)36(29)39-33/h3-22H,1-2H3.